The Morgan fingerprint density at radius 2 is 2.06 bits per heavy atom. The van der Waals surface area contributed by atoms with Gasteiger partial charge < -0.3 is 4.42 Å². The van der Waals surface area contributed by atoms with Crippen molar-refractivity contribution in [2.24, 2.45) is 4.99 Å². The lowest BCUT2D eigenvalue weighted by molar-refractivity contribution is 0.572. The topological polar surface area (TPSA) is 38.4 Å². The number of fused-ring (bicyclic) bond motifs is 1. The first kappa shape index (κ1) is 9.78. The molecule has 2 heterocycles. The van der Waals surface area contributed by atoms with Gasteiger partial charge in [-0.05, 0) is 18.2 Å². The van der Waals surface area contributed by atoms with Gasteiger partial charge in [-0.15, -0.1) is 0 Å². The first-order valence-corrected chi connectivity index (χ1v) is 5.33. The van der Waals surface area contributed by atoms with E-state index in [1.165, 1.54) is 0 Å². The van der Waals surface area contributed by atoms with Gasteiger partial charge in [-0.25, -0.2) is 0 Å². The minimum absolute atomic E-state index is 0.841. The van der Waals surface area contributed by atoms with Crippen LogP contribution in [0.5, 0.6) is 0 Å². The quantitative estimate of drug-likeness (QED) is 0.621. The summed E-state index contributed by atoms with van der Waals surface area (Å²) >= 11 is 0. The molecule has 3 heteroatoms. The maximum Gasteiger partial charge on any atom is 0.100 e. The van der Waals surface area contributed by atoms with E-state index in [1.54, 1.807) is 24.9 Å². The molecule has 0 fully saturated rings. The Kier molecular flexibility index (Phi) is 2.43. The molecule has 17 heavy (non-hydrogen) atoms. The van der Waals surface area contributed by atoms with Crippen molar-refractivity contribution in [2.45, 2.75) is 0 Å². The summed E-state index contributed by atoms with van der Waals surface area (Å²) in [6.07, 6.45) is 6.93. The summed E-state index contributed by atoms with van der Waals surface area (Å²) in [5.41, 5.74) is 1.73. The number of nitrogens with zero attached hydrogens (tertiary/aromatic N) is 2. The lowest BCUT2D eigenvalue weighted by atomic mass is 10.2. The lowest BCUT2D eigenvalue weighted by Crippen LogP contribution is -1.83. The molecular formula is C14H10N2O. The Balaban J connectivity index is 2.00. The Morgan fingerprint density at radius 1 is 1.06 bits per heavy atom. The zero-order valence-corrected chi connectivity index (χ0v) is 9.08. The molecule has 0 aliphatic rings. The summed E-state index contributed by atoms with van der Waals surface area (Å²) in [5, 5.41) is 2.07. The maximum atomic E-state index is 5.17. The molecule has 0 bridgehead atoms. The zero-order valence-electron chi connectivity index (χ0n) is 9.08. The van der Waals surface area contributed by atoms with Crippen LogP contribution < -0.4 is 0 Å². The monoisotopic (exact) mass is 222 g/mol. The molecule has 3 aromatic rings. The van der Waals surface area contributed by atoms with E-state index in [0.717, 1.165) is 22.2 Å². The van der Waals surface area contributed by atoms with Crippen molar-refractivity contribution in [3.05, 3.63) is 60.8 Å². The van der Waals surface area contributed by atoms with Gasteiger partial charge in [0.25, 0.3) is 0 Å². The highest BCUT2D eigenvalue weighted by molar-refractivity contribution is 5.94. The van der Waals surface area contributed by atoms with E-state index < -0.39 is 0 Å². The van der Waals surface area contributed by atoms with Crippen LogP contribution in [0.4, 0.5) is 5.69 Å². The molecular weight excluding hydrogens is 212 g/mol. The first-order valence-electron chi connectivity index (χ1n) is 5.33. The third-order valence-electron chi connectivity index (χ3n) is 2.52. The van der Waals surface area contributed by atoms with E-state index in [1.807, 2.05) is 36.4 Å². The fourth-order valence-electron chi connectivity index (χ4n) is 1.68. The van der Waals surface area contributed by atoms with Crippen molar-refractivity contribution in [3.8, 4) is 0 Å². The van der Waals surface area contributed by atoms with Crippen molar-refractivity contribution >= 4 is 22.7 Å². The van der Waals surface area contributed by atoms with Crippen LogP contribution in [-0.4, -0.2) is 11.2 Å². The third kappa shape index (κ3) is 1.95. The van der Waals surface area contributed by atoms with Crippen LogP contribution >= 0.6 is 0 Å². The fourth-order valence-corrected chi connectivity index (χ4v) is 1.68. The predicted octanol–water partition coefficient (Wildman–Crippen LogP) is 3.58. The molecule has 0 aliphatic heterocycles. The summed E-state index contributed by atoms with van der Waals surface area (Å²) in [6.45, 7) is 0. The number of aromatic nitrogens is 1. The molecule has 1 aromatic carbocycles. The minimum Gasteiger partial charge on any atom is -0.471 e. The van der Waals surface area contributed by atoms with Crippen LogP contribution in [0.3, 0.4) is 0 Å². The van der Waals surface area contributed by atoms with E-state index in [2.05, 4.69) is 9.98 Å². The molecule has 0 saturated carbocycles. The molecule has 3 rings (SSSR count). The maximum absolute atomic E-state index is 5.17. The Bertz CT molecular complexity index is 656. The Labute approximate surface area is 98.4 Å². The van der Waals surface area contributed by atoms with Crippen molar-refractivity contribution < 1.29 is 4.42 Å². The summed E-state index contributed by atoms with van der Waals surface area (Å²) in [6, 6.07) is 11.7. The fraction of sp³-hybridized carbons (Fsp3) is 0. The molecule has 2 aromatic heterocycles. The molecule has 0 saturated heterocycles. The van der Waals surface area contributed by atoms with Crippen LogP contribution in [0, 0.1) is 0 Å². The lowest BCUT2D eigenvalue weighted by Gasteiger charge is -1.95. The van der Waals surface area contributed by atoms with Gasteiger partial charge in [-0.1, -0.05) is 18.2 Å². The Hall–Kier alpha value is -2.42. The second-order valence-corrected chi connectivity index (χ2v) is 3.66. The van der Waals surface area contributed by atoms with Crippen molar-refractivity contribution in [3.63, 3.8) is 0 Å². The minimum atomic E-state index is 0.841. The number of furan rings is 1. The van der Waals surface area contributed by atoms with Gasteiger partial charge in [-0.3, -0.25) is 9.98 Å². The molecule has 82 valence electrons. The second kappa shape index (κ2) is 4.22. The number of hydrogen-bond donors (Lipinski definition) is 0. The van der Waals surface area contributed by atoms with Gasteiger partial charge in [-0.2, -0.15) is 0 Å². The van der Waals surface area contributed by atoms with E-state index in [0.29, 0.717) is 0 Å². The number of benzene rings is 1. The average molecular weight is 222 g/mol. The van der Waals surface area contributed by atoms with Crippen LogP contribution in [0.1, 0.15) is 5.69 Å². The van der Waals surface area contributed by atoms with Gasteiger partial charge in [0, 0.05) is 17.0 Å². The van der Waals surface area contributed by atoms with E-state index in [9.17, 15) is 0 Å². The number of aliphatic imine (C=N–C) groups is 1. The van der Waals surface area contributed by atoms with E-state index >= 15 is 0 Å². The standard InChI is InChI=1S/C14H10N2O/c1-2-7-15-12(5-1)8-16-14-6-3-4-11-9-17-10-13(11)14/h1-10H. The van der Waals surface area contributed by atoms with Crippen molar-refractivity contribution in [1.29, 1.82) is 0 Å². The average Bonchev–Trinajstić information content (AvgIpc) is 2.86. The zero-order chi connectivity index (χ0) is 11.5. The molecule has 0 radical (unpaired) electrons. The summed E-state index contributed by atoms with van der Waals surface area (Å²) in [4.78, 5) is 8.62. The van der Waals surface area contributed by atoms with Crippen LogP contribution in [0.25, 0.3) is 10.8 Å². The summed E-state index contributed by atoms with van der Waals surface area (Å²) in [5.74, 6) is 0. The molecule has 0 atom stereocenters. The molecule has 0 N–H and O–H groups in total. The molecule has 0 spiro atoms. The van der Waals surface area contributed by atoms with Gasteiger partial charge in [0.15, 0.2) is 0 Å². The molecule has 3 nitrogen and oxygen atoms in total. The number of rotatable bonds is 2. The van der Waals surface area contributed by atoms with Crippen molar-refractivity contribution in [1.82, 2.24) is 4.98 Å². The van der Waals surface area contributed by atoms with E-state index in [-0.39, 0.29) is 0 Å². The molecule has 0 aliphatic carbocycles. The highest BCUT2D eigenvalue weighted by atomic mass is 16.3. The largest absolute Gasteiger partial charge is 0.471 e. The summed E-state index contributed by atoms with van der Waals surface area (Å²) < 4.78 is 5.17. The first-order chi connectivity index (χ1) is 8.43. The highest BCUT2D eigenvalue weighted by Crippen LogP contribution is 2.26. The third-order valence-corrected chi connectivity index (χ3v) is 2.52. The second-order valence-electron chi connectivity index (χ2n) is 3.66. The van der Waals surface area contributed by atoms with Gasteiger partial charge >= 0.3 is 0 Å². The SMILES string of the molecule is C(=Nc1cccc2cocc12)c1ccccn1. The van der Waals surface area contributed by atoms with Gasteiger partial charge in [0.05, 0.1) is 23.9 Å². The van der Waals surface area contributed by atoms with Gasteiger partial charge in [0.1, 0.15) is 6.26 Å². The number of pyridine rings is 1. The van der Waals surface area contributed by atoms with Crippen LogP contribution in [0.2, 0.25) is 0 Å². The smallest absolute Gasteiger partial charge is 0.100 e. The highest BCUT2D eigenvalue weighted by Gasteiger charge is 2.00. The molecule has 0 amide bonds. The van der Waals surface area contributed by atoms with Crippen molar-refractivity contribution in [2.75, 3.05) is 0 Å². The molecule has 0 unspecified atom stereocenters. The predicted molar refractivity (Wildman–Crippen MR) is 67.7 cm³/mol. The number of hydrogen-bond acceptors (Lipinski definition) is 3. The summed E-state index contributed by atoms with van der Waals surface area (Å²) in [7, 11) is 0. The van der Waals surface area contributed by atoms with Crippen LogP contribution in [0.15, 0.2) is 64.5 Å². The Morgan fingerprint density at radius 3 is 2.94 bits per heavy atom. The van der Waals surface area contributed by atoms with Crippen LogP contribution in [-0.2, 0) is 0 Å². The normalized spacial score (nSPS) is 11.3. The van der Waals surface area contributed by atoms with Gasteiger partial charge in [0.2, 0.25) is 0 Å². The van der Waals surface area contributed by atoms with E-state index in [4.69, 9.17) is 4.42 Å².